The second-order valence-corrected chi connectivity index (χ2v) is 22.8. The van der Waals surface area contributed by atoms with Gasteiger partial charge in [-0.05, 0) is 57.8 Å². The van der Waals surface area contributed by atoms with Gasteiger partial charge in [0.05, 0.1) is 25.4 Å². The van der Waals surface area contributed by atoms with Crippen molar-refractivity contribution in [3.8, 4) is 0 Å². The highest BCUT2D eigenvalue weighted by atomic mass is 16.5. The summed E-state index contributed by atoms with van der Waals surface area (Å²) < 4.78 is 5.47. The summed E-state index contributed by atoms with van der Waals surface area (Å²) in [6, 6.07) is -0.537. The van der Waals surface area contributed by atoms with Crippen molar-refractivity contribution in [3.05, 3.63) is 24.3 Å². The Morgan fingerprint density at radius 1 is 0.384 bits per heavy atom. The van der Waals surface area contributed by atoms with Gasteiger partial charge in [0.15, 0.2) is 0 Å². The zero-order valence-electron chi connectivity index (χ0n) is 49.4. The van der Waals surface area contributed by atoms with E-state index in [2.05, 4.69) is 43.5 Å². The molecule has 0 rings (SSSR count). The third-order valence-electron chi connectivity index (χ3n) is 15.5. The minimum Gasteiger partial charge on any atom is -0.466 e. The van der Waals surface area contributed by atoms with E-state index in [0.29, 0.717) is 25.9 Å². The van der Waals surface area contributed by atoms with Crippen LogP contribution in [0, 0.1) is 0 Å². The first-order chi connectivity index (χ1) is 36.0. The van der Waals surface area contributed by atoms with Crippen LogP contribution in [0.25, 0.3) is 0 Å². The molecule has 0 aromatic rings. The number of esters is 1. The molecule has 0 spiro atoms. The van der Waals surface area contributed by atoms with Crippen molar-refractivity contribution in [2.75, 3.05) is 13.2 Å². The molecule has 0 aliphatic carbocycles. The van der Waals surface area contributed by atoms with Crippen molar-refractivity contribution >= 4 is 11.9 Å². The molecule has 2 atom stereocenters. The van der Waals surface area contributed by atoms with E-state index in [1.54, 1.807) is 0 Å². The average Bonchev–Trinajstić information content (AvgIpc) is 3.39. The number of unbranched alkanes of at least 4 members (excludes halogenated alkanes) is 47. The van der Waals surface area contributed by atoms with E-state index in [1.807, 2.05) is 0 Å². The first-order valence-corrected chi connectivity index (χ1v) is 33.1. The molecule has 0 radical (unpaired) electrons. The number of hydrogen-bond donors (Lipinski definition) is 3. The van der Waals surface area contributed by atoms with Crippen LogP contribution in [0.2, 0.25) is 0 Å². The van der Waals surface area contributed by atoms with E-state index < -0.39 is 12.1 Å². The molecular weight excluding hydrogens is 899 g/mol. The summed E-state index contributed by atoms with van der Waals surface area (Å²) >= 11 is 0. The molecule has 73 heavy (non-hydrogen) atoms. The molecule has 0 aromatic heterocycles. The number of nitrogens with one attached hydrogen (secondary N) is 1. The summed E-state index contributed by atoms with van der Waals surface area (Å²) in [5, 5.41) is 23.2. The molecule has 1 amide bonds. The number of carbonyl (C=O) groups is 2. The van der Waals surface area contributed by atoms with Gasteiger partial charge in [0, 0.05) is 12.8 Å². The van der Waals surface area contributed by atoms with Crippen LogP contribution in [0.15, 0.2) is 24.3 Å². The minimum absolute atomic E-state index is 0.0167. The standard InChI is InChI=1S/C67H129NO5/c1-3-5-7-9-11-13-40-45-49-53-57-61-67(72)73-62-58-54-50-46-42-39-37-35-33-31-29-27-25-23-21-19-17-15-16-18-20-22-24-26-28-30-32-34-36-38-41-44-48-52-56-60-66(71)68-64(63-69)65(70)59-55-51-47-43-14-12-10-8-6-4-2/h17,19,23,25,64-65,69-70H,3-16,18,20-22,24,26-63H2,1-2H3,(H,68,71)/b19-17-,25-23-. The maximum absolute atomic E-state index is 12.4. The van der Waals surface area contributed by atoms with E-state index >= 15 is 0 Å². The highest BCUT2D eigenvalue weighted by Gasteiger charge is 2.20. The highest BCUT2D eigenvalue weighted by molar-refractivity contribution is 5.76. The molecule has 6 heteroatoms. The van der Waals surface area contributed by atoms with Gasteiger partial charge in [0.25, 0.3) is 0 Å². The summed E-state index contributed by atoms with van der Waals surface area (Å²) in [6.07, 6.45) is 78.0. The third kappa shape index (κ3) is 59.4. The molecule has 2 unspecified atom stereocenters. The van der Waals surface area contributed by atoms with Crippen LogP contribution in [-0.2, 0) is 14.3 Å². The van der Waals surface area contributed by atoms with E-state index in [0.717, 1.165) is 44.9 Å². The predicted octanol–water partition coefficient (Wildman–Crippen LogP) is 21.0. The van der Waals surface area contributed by atoms with Crippen molar-refractivity contribution in [1.29, 1.82) is 0 Å². The molecule has 0 aromatic carbocycles. The summed E-state index contributed by atoms with van der Waals surface area (Å²) in [6.45, 7) is 4.95. The van der Waals surface area contributed by atoms with Crippen molar-refractivity contribution in [2.45, 2.75) is 379 Å². The van der Waals surface area contributed by atoms with Gasteiger partial charge in [0.2, 0.25) is 5.91 Å². The van der Waals surface area contributed by atoms with Crippen LogP contribution in [0.1, 0.15) is 367 Å². The fourth-order valence-corrected chi connectivity index (χ4v) is 10.4. The Balaban J connectivity index is 3.34. The molecular formula is C67H129NO5. The van der Waals surface area contributed by atoms with Gasteiger partial charge in [-0.3, -0.25) is 9.59 Å². The Morgan fingerprint density at radius 2 is 0.685 bits per heavy atom. The van der Waals surface area contributed by atoms with Gasteiger partial charge < -0.3 is 20.3 Å². The molecule has 0 aliphatic rings. The van der Waals surface area contributed by atoms with Crippen LogP contribution < -0.4 is 5.32 Å². The van der Waals surface area contributed by atoms with E-state index in [4.69, 9.17) is 4.74 Å². The highest BCUT2D eigenvalue weighted by Crippen LogP contribution is 2.18. The fourth-order valence-electron chi connectivity index (χ4n) is 10.4. The Bertz CT molecular complexity index is 1140. The molecule has 0 saturated carbocycles. The number of allylic oxidation sites excluding steroid dienone is 4. The fraction of sp³-hybridized carbons (Fsp3) is 0.910. The number of aliphatic hydroxyl groups is 2. The Labute approximate surface area is 456 Å². The number of rotatable bonds is 62. The SMILES string of the molecule is CCCCCCCCCCCCCC(=O)OCCCCCCCCCCCCC/C=C\C/C=C\CCCCCCCCCCCCCCCCCCCC(=O)NC(CO)C(O)CCCCCCCCCCCC. The molecule has 3 N–H and O–H groups in total. The predicted molar refractivity (Wildman–Crippen MR) is 320 cm³/mol. The largest absolute Gasteiger partial charge is 0.466 e. The summed E-state index contributed by atoms with van der Waals surface area (Å²) in [5.41, 5.74) is 0. The van der Waals surface area contributed by atoms with Crippen molar-refractivity contribution in [3.63, 3.8) is 0 Å². The van der Waals surface area contributed by atoms with Crippen molar-refractivity contribution in [2.24, 2.45) is 0 Å². The molecule has 0 bridgehead atoms. The molecule has 0 heterocycles. The van der Waals surface area contributed by atoms with Gasteiger partial charge in [-0.25, -0.2) is 0 Å². The smallest absolute Gasteiger partial charge is 0.305 e. The Kier molecular flexibility index (Phi) is 61.4. The summed E-state index contributed by atoms with van der Waals surface area (Å²) in [7, 11) is 0. The van der Waals surface area contributed by atoms with Gasteiger partial charge in [-0.2, -0.15) is 0 Å². The van der Waals surface area contributed by atoms with Crippen LogP contribution in [-0.4, -0.2) is 47.4 Å². The summed E-state index contributed by atoms with van der Waals surface area (Å²) in [5.74, 6) is -0.0161. The van der Waals surface area contributed by atoms with Crippen molar-refractivity contribution in [1.82, 2.24) is 5.32 Å². The second kappa shape index (κ2) is 62.9. The minimum atomic E-state index is -0.660. The number of carbonyl (C=O) groups excluding carboxylic acids is 2. The van der Waals surface area contributed by atoms with Crippen LogP contribution >= 0.6 is 0 Å². The zero-order chi connectivity index (χ0) is 52.9. The van der Waals surface area contributed by atoms with Crippen molar-refractivity contribution < 1.29 is 24.5 Å². The van der Waals surface area contributed by atoms with Gasteiger partial charge in [-0.15, -0.1) is 0 Å². The van der Waals surface area contributed by atoms with Crippen LogP contribution in [0.3, 0.4) is 0 Å². The number of aliphatic hydroxyl groups excluding tert-OH is 2. The number of hydrogen-bond acceptors (Lipinski definition) is 5. The molecule has 0 aliphatic heterocycles. The van der Waals surface area contributed by atoms with Crippen LogP contribution in [0.5, 0.6) is 0 Å². The molecule has 0 saturated heterocycles. The van der Waals surface area contributed by atoms with Crippen LogP contribution in [0.4, 0.5) is 0 Å². The molecule has 432 valence electrons. The lowest BCUT2D eigenvalue weighted by molar-refractivity contribution is -0.143. The zero-order valence-corrected chi connectivity index (χ0v) is 49.4. The normalized spacial score (nSPS) is 12.7. The maximum Gasteiger partial charge on any atom is 0.305 e. The maximum atomic E-state index is 12.4. The van der Waals surface area contributed by atoms with E-state index in [9.17, 15) is 19.8 Å². The number of amides is 1. The lowest BCUT2D eigenvalue weighted by atomic mass is 10.0. The lowest BCUT2D eigenvalue weighted by Gasteiger charge is -2.22. The second-order valence-electron chi connectivity index (χ2n) is 22.8. The molecule has 0 fully saturated rings. The average molecular weight is 1030 g/mol. The Hall–Kier alpha value is -1.66. The number of ether oxygens (including phenoxy) is 1. The Morgan fingerprint density at radius 3 is 1.04 bits per heavy atom. The third-order valence-corrected chi connectivity index (χ3v) is 15.5. The van der Waals surface area contributed by atoms with E-state index in [-0.39, 0.29) is 18.5 Å². The topological polar surface area (TPSA) is 95.9 Å². The quantitative estimate of drug-likeness (QED) is 0.0320. The lowest BCUT2D eigenvalue weighted by Crippen LogP contribution is -2.45. The first kappa shape index (κ1) is 71.3. The van der Waals surface area contributed by atoms with Gasteiger partial charge >= 0.3 is 5.97 Å². The molecule has 6 nitrogen and oxygen atoms in total. The monoisotopic (exact) mass is 1030 g/mol. The van der Waals surface area contributed by atoms with Gasteiger partial charge in [0.1, 0.15) is 0 Å². The van der Waals surface area contributed by atoms with Gasteiger partial charge in [-0.1, -0.05) is 321 Å². The van der Waals surface area contributed by atoms with E-state index in [1.165, 1.54) is 289 Å². The first-order valence-electron chi connectivity index (χ1n) is 33.1. The summed E-state index contributed by atoms with van der Waals surface area (Å²) in [4.78, 5) is 24.4.